The van der Waals surface area contributed by atoms with Gasteiger partial charge in [0.15, 0.2) is 0 Å². The van der Waals surface area contributed by atoms with Gasteiger partial charge in [0.25, 0.3) is 0 Å². The molecule has 0 radical (unpaired) electrons. The summed E-state index contributed by atoms with van der Waals surface area (Å²) in [5, 5.41) is 20.5. The highest BCUT2D eigenvalue weighted by atomic mass is 16.3. The van der Waals surface area contributed by atoms with Gasteiger partial charge in [0.2, 0.25) is 0 Å². The van der Waals surface area contributed by atoms with E-state index in [4.69, 9.17) is 0 Å². The van der Waals surface area contributed by atoms with Crippen LogP contribution >= 0.6 is 0 Å². The quantitative estimate of drug-likeness (QED) is 0.699. The zero-order chi connectivity index (χ0) is 11.0. The molecule has 4 unspecified atom stereocenters. The molecular weight excluding hydrogens is 188 g/mol. The van der Waals surface area contributed by atoms with Crippen molar-refractivity contribution in [2.24, 2.45) is 23.7 Å². The molecule has 2 aliphatic carbocycles. The second-order valence-electron chi connectivity index (χ2n) is 5.62. The maximum atomic E-state index is 10.3. The summed E-state index contributed by atoms with van der Waals surface area (Å²) in [6.07, 6.45) is 5.22. The van der Waals surface area contributed by atoms with Gasteiger partial charge in [0.05, 0.1) is 12.2 Å². The van der Waals surface area contributed by atoms with E-state index in [0.29, 0.717) is 17.8 Å². The molecule has 2 saturated carbocycles. The zero-order valence-electron chi connectivity index (χ0n) is 9.89. The first-order valence-electron chi connectivity index (χ1n) is 6.51. The van der Waals surface area contributed by atoms with Crippen molar-refractivity contribution < 1.29 is 10.2 Å². The van der Waals surface area contributed by atoms with Gasteiger partial charge in [0.1, 0.15) is 0 Å². The van der Waals surface area contributed by atoms with Crippen LogP contribution in [0.2, 0.25) is 0 Å². The first-order chi connectivity index (χ1) is 7.15. The van der Waals surface area contributed by atoms with Crippen LogP contribution in [0.15, 0.2) is 0 Å². The highest BCUT2D eigenvalue weighted by molar-refractivity contribution is 4.95. The predicted molar refractivity (Wildman–Crippen MR) is 60.4 cm³/mol. The molecule has 0 spiro atoms. The molecular formula is C13H24O2. The lowest BCUT2D eigenvalue weighted by Gasteiger charge is -2.47. The number of hydrogen-bond donors (Lipinski definition) is 2. The van der Waals surface area contributed by atoms with E-state index in [1.807, 2.05) is 0 Å². The second kappa shape index (κ2) is 4.42. The van der Waals surface area contributed by atoms with Gasteiger partial charge >= 0.3 is 0 Å². The molecule has 0 amide bonds. The van der Waals surface area contributed by atoms with Gasteiger partial charge in [0, 0.05) is 5.92 Å². The van der Waals surface area contributed by atoms with Crippen LogP contribution in [0.5, 0.6) is 0 Å². The van der Waals surface area contributed by atoms with Crippen LogP contribution in [0.1, 0.15) is 46.0 Å². The Bertz CT molecular complexity index is 215. The van der Waals surface area contributed by atoms with Crippen molar-refractivity contribution in [2.75, 3.05) is 0 Å². The summed E-state index contributed by atoms with van der Waals surface area (Å²) in [6, 6.07) is 0. The second-order valence-corrected chi connectivity index (χ2v) is 5.62. The number of aliphatic hydroxyl groups is 2. The monoisotopic (exact) mass is 212 g/mol. The SMILES string of the molecule is CC[C@@H]1CCC2CC[C@H](C)C(O)C2C1O. The van der Waals surface area contributed by atoms with Crippen LogP contribution in [0.25, 0.3) is 0 Å². The smallest absolute Gasteiger partial charge is 0.0623 e. The molecule has 0 aromatic carbocycles. The van der Waals surface area contributed by atoms with E-state index in [1.165, 1.54) is 12.8 Å². The maximum absolute atomic E-state index is 10.3. The molecule has 0 aromatic heterocycles. The van der Waals surface area contributed by atoms with E-state index in [-0.39, 0.29) is 18.1 Å². The molecule has 0 aromatic rings. The Hall–Kier alpha value is -0.0800. The van der Waals surface area contributed by atoms with Gasteiger partial charge in [-0.2, -0.15) is 0 Å². The van der Waals surface area contributed by atoms with Gasteiger partial charge in [-0.15, -0.1) is 0 Å². The standard InChI is InChI=1S/C13H24O2/c1-3-9-6-7-10-5-4-8(2)12(14)11(10)13(9)15/h8-15H,3-7H2,1-2H3/t8-,9+,10?,11?,12?,13?/m0/s1. The molecule has 2 fully saturated rings. The Labute approximate surface area is 92.7 Å². The average Bonchev–Trinajstić information content (AvgIpc) is 2.24. The zero-order valence-corrected chi connectivity index (χ0v) is 9.89. The van der Waals surface area contributed by atoms with Crippen LogP contribution < -0.4 is 0 Å². The molecule has 2 nitrogen and oxygen atoms in total. The van der Waals surface area contributed by atoms with Gasteiger partial charge in [-0.3, -0.25) is 0 Å². The number of aliphatic hydroxyl groups excluding tert-OH is 2. The summed E-state index contributed by atoms with van der Waals surface area (Å²) >= 11 is 0. The fourth-order valence-corrected chi connectivity index (χ4v) is 3.67. The molecule has 0 aliphatic heterocycles. The van der Waals surface area contributed by atoms with Crippen molar-refractivity contribution in [3.63, 3.8) is 0 Å². The van der Waals surface area contributed by atoms with E-state index in [2.05, 4.69) is 13.8 Å². The lowest BCUT2D eigenvalue weighted by molar-refractivity contribution is -0.112. The Balaban J connectivity index is 2.11. The summed E-state index contributed by atoms with van der Waals surface area (Å²) in [7, 11) is 0. The highest BCUT2D eigenvalue weighted by Gasteiger charge is 2.45. The Morgan fingerprint density at radius 3 is 2.33 bits per heavy atom. The number of fused-ring (bicyclic) bond motifs is 1. The topological polar surface area (TPSA) is 40.5 Å². The molecule has 2 aliphatic rings. The van der Waals surface area contributed by atoms with Crippen molar-refractivity contribution in [3.8, 4) is 0 Å². The van der Waals surface area contributed by atoms with Gasteiger partial charge < -0.3 is 10.2 Å². The van der Waals surface area contributed by atoms with Gasteiger partial charge in [-0.25, -0.2) is 0 Å². The van der Waals surface area contributed by atoms with E-state index < -0.39 is 0 Å². The summed E-state index contributed by atoms with van der Waals surface area (Å²) in [6.45, 7) is 4.26. The third kappa shape index (κ3) is 1.94. The van der Waals surface area contributed by atoms with Crippen molar-refractivity contribution in [1.82, 2.24) is 0 Å². The Morgan fingerprint density at radius 2 is 1.67 bits per heavy atom. The first kappa shape index (κ1) is 11.4. The minimum Gasteiger partial charge on any atom is -0.392 e. The van der Waals surface area contributed by atoms with Crippen molar-refractivity contribution in [3.05, 3.63) is 0 Å². The van der Waals surface area contributed by atoms with Gasteiger partial charge in [-0.05, 0) is 43.4 Å². The van der Waals surface area contributed by atoms with E-state index >= 15 is 0 Å². The third-order valence-electron chi connectivity index (χ3n) is 4.82. The maximum Gasteiger partial charge on any atom is 0.0623 e. The van der Waals surface area contributed by atoms with Crippen molar-refractivity contribution in [2.45, 2.75) is 58.2 Å². The fraction of sp³-hybridized carbons (Fsp3) is 1.00. The summed E-state index contributed by atoms with van der Waals surface area (Å²) < 4.78 is 0. The third-order valence-corrected chi connectivity index (χ3v) is 4.82. The largest absolute Gasteiger partial charge is 0.392 e. The summed E-state index contributed by atoms with van der Waals surface area (Å²) in [4.78, 5) is 0. The van der Waals surface area contributed by atoms with Crippen LogP contribution in [-0.2, 0) is 0 Å². The predicted octanol–water partition coefficient (Wildman–Crippen LogP) is 2.19. The molecule has 88 valence electrons. The molecule has 15 heavy (non-hydrogen) atoms. The average molecular weight is 212 g/mol. The fourth-order valence-electron chi connectivity index (χ4n) is 3.67. The number of rotatable bonds is 1. The minimum atomic E-state index is -0.270. The summed E-state index contributed by atoms with van der Waals surface area (Å²) in [5.74, 6) is 1.53. The summed E-state index contributed by atoms with van der Waals surface area (Å²) in [5.41, 5.74) is 0. The molecule has 2 heteroatoms. The van der Waals surface area contributed by atoms with Gasteiger partial charge in [-0.1, -0.05) is 20.3 Å². The van der Waals surface area contributed by atoms with Crippen LogP contribution in [0, 0.1) is 23.7 Å². The van der Waals surface area contributed by atoms with E-state index in [9.17, 15) is 10.2 Å². The van der Waals surface area contributed by atoms with Crippen molar-refractivity contribution >= 4 is 0 Å². The minimum absolute atomic E-state index is 0.160. The molecule has 2 rings (SSSR count). The molecule has 6 atom stereocenters. The molecule has 0 saturated heterocycles. The lowest BCUT2D eigenvalue weighted by Crippen LogP contribution is -2.50. The number of hydrogen-bond acceptors (Lipinski definition) is 2. The van der Waals surface area contributed by atoms with Crippen molar-refractivity contribution in [1.29, 1.82) is 0 Å². The lowest BCUT2D eigenvalue weighted by atomic mass is 9.62. The van der Waals surface area contributed by atoms with Crippen LogP contribution in [0.3, 0.4) is 0 Å². The molecule has 2 N–H and O–H groups in total. The van der Waals surface area contributed by atoms with Crippen LogP contribution in [0.4, 0.5) is 0 Å². The molecule has 0 bridgehead atoms. The molecule has 0 heterocycles. The normalized spacial score (nSPS) is 51.2. The van der Waals surface area contributed by atoms with E-state index in [1.54, 1.807) is 0 Å². The Morgan fingerprint density at radius 1 is 1.00 bits per heavy atom. The van der Waals surface area contributed by atoms with Crippen LogP contribution in [-0.4, -0.2) is 22.4 Å². The van der Waals surface area contributed by atoms with E-state index in [0.717, 1.165) is 19.3 Å². The first-order valence-corrected chi connectivity index (χ1v) is 6.51. The highest BCUT2D eigenvalue weighted by Crippen LogP contribution is 2.45. The Kier molecular flexibility index (Phi) is 3.36.